The van der Waals surface area contributed by atoms with Crippen molar-refractivity contribution in [1.29, 1.82) is 0 Å². The average Bonchev–Trinajstić information content (AvgIpc) is 3.53. The summed E-state index contributed by atoms with van der Waals surface area (Å²) >= 11 is 0. The molecule has 1 aromatic carbocycles. The van der Waals surface area contributed by atoms with Gasteiger partial charge in [-0.3, -0.25) is 4.90 Å². The van der Waals surface area contributed by atoms with Gasteiger partial charge in [0.25, 0.3) is 0 Å². The van der Waals surface area contributed by atoms with Crippen LogP contribution >= 0.6 is 24.0 Å². The van der Waals surface area contributed by atoms with E-state index in [-0.39, 0.29) is 24.0 Å². The summed E-state index contributed by atoms with van der Waals surface area (Å²) in [5, 5.41) is 17.5. The van der Waals surface area contributed by atoms with Crippen molar-refractivity contribution in [3.63, 3.8) is 0 Å². The number of hydrogen-bond acceptors (Lipinski definition) is 3. The van der Waals surface area contributed by atoms with Crippen molar-refractivity contribution in [3.05, 3.63) is 35.9 Å². The summed E-state index contributed by atoms with van der Waals surface area (Å²) in [6.45, 7) is 8.26. The van der Waals surface area contributed by atoms with Gasteiger partial charge in [0.2, 0.25) is 0 Å². The number of nitrogens with zero attached hydrogens (tertiary/aromatic N) is 2. The monoisotopic (exact) mass is 486 g/mol. The predicted octanol–water partition coefficient (Wildman–Crippen LogP) is 2.94. The molecule has 0 amide bonds. The minimum Gasteiger partial charge on any atom is -0.384 e. The molecule has 2 fully saturated rings. The Bertz CT molecular complexity index is 585. The first-order valence-electron chi connectivity index (χ1n) is 10.1. The normalized spacial score (nSPS) is 19.3. The third-order valence-corrected chi connectivity index (χ3v) is 5.23. The quantitative estimate of drug-likeness (QED) is 0.271. The van der Waals surface area contributed by atoms with Gasteiger partial charge < -0.3 is 15.7 Å². The molecule has 0 heterocycles. The van der Waals surface area contributed by atoms with Crippen molar-refractivity contribution in [3.8, 4) is 0 Å². The number of aliphatic hydroxyl groups is 1. The highest BCUT2D eigenvalue weighted by molar-refractivity contribution is 14.0. The molecule has 1 atom stereocenters. The van der Waals surface area contributed by atoms with Crippen LogP contribution in [0, 0.1) is 5.92 Å². The molecule has 0 aromatic heterocycles. The van der Waals surface area contributed by atoms with Crippen LogP contribution in [0.2, 0.25) is 0 Å². The van der Waals surface area contributed by atoms with Crippen LogP contribution in [-0.4, -0.2) is 54.7 Å². The minimum atomic E-state index is -0.963. The number of aliphatic imine (C=N–C) groups is 1. The van der Waals surface area contributed by atoms with E-state index in [1.807, 2.05) is 37.3 Å². The van der Waals surface area contributed by atoms with E-state index in [2.05, 4.69) is 27.4 Å². The fourth-order valence-corrected chi connectivity index (χ4v) is 3.28. The van der Waals surface area contributed by atoms with Crippen molar-refractivity contribution in [1.82, 2.24) is 15.5 Å². The van der Waals surface area contributed by atoms with Crippen LogP contribution in [0.25, 0.3) is 0 Å². The van der Waals surface area contributed by atoms with Crippen molar-refractivity contribution < 1.29 is 5.11 Å². The molecule has 0 aliphatic heterocycles. The highest BCUT2D eigenvalue weighted by Crippen LogP contribution is 2.34. The van der Waals surface area contributed by atoms with E-state index in [1.54, 1.807) is 0 Å². The topological polar surface area (TPSA) is 59.9 Å². The van der Waals surface area contributed by atoms with Gasteiger partial charge in [-0.25, -0.2) is 4.99 Å². The van der Waals surface area contributed by atoms with Crippen LogP contribution in [0.15, 0.2) is 35.3 Å². The van der Waals surface area contributed by atoms with Crippen LogP contribution in [0.4, 0.5) is 0 Å². The molecule has 1 unspecified atom stereocenters. The molecular weight excluding hydrogens is 451 g/mol. The maximum absolute atomic E-state index is 10.7. The second-order valence-corrected chi connectivity index (χ2v) is 7.93. The zero-order valence-corrected chi connectivity index (χ0v) is 19.0. The van der Waals surface area contributed by atoms with E-state index in [9.17, 15) is 5.11 Å². The largest absolute Gasteiger partial charge is 0.384 e. The van der Waals surface area contributed by atoms with Crippen molar-refractivity contribution in [2.75, 3.05) is 32.7 Å². The Morgan fingerprint density at radius 2 is 1.89 bits per heavy atom. The van der Waals surface area contributed by atoms with Gasteiger partial charge in [0.05, 0.1) is 6.54 Å². The molecule has 0 spiro atoms. The second-order valence-electron chi connectivity index (χ2n) is 7.93. The molecule has 3 N–H and O–H groups in total. The molecule has 6 heteroatoms. The zero-order valence-electron chi connectivity index (χ0n) is 16.7. The molecule has 2 aliphatic carbocycles. The Morgan fingerprint density at radius 1 is 1.19 bits per heavy atom. The third kappa shape index (κ3) is 7.58. The summed E-state index contributed by atoms with van der Waals surface area (Å²) in [7, 11) is 0. The average molecular weight is 486 g/mol. The minimum absolute atomic E-state index is 0. The van der Waals surface area contributed by atoms with Crippen molar-refractivity contribution in [2.24, 2.45) is 10.9 Å². The lowest BCUT2D eigenvalue weighted by molar-refractivity contribution is 0.0672. The van der Waals surface area contributed by atoms with E-state index >= 15 is 0 Å². The molecule has 3 rings (SSSR count). The summed E-state index contributed by atoms with van der Waals surface area (Å²) in [6, 6.07) is 10.6. The number of guanidine groups is 1. The zero-order chi connectivity index (χ0) is 18.4. The number of rotatable bonds is 10. The fraction of sp³-hybridized carbons (Fsp3) is 0.667. The van der Waals surface area contributed by atoms with Gasteiger partial charge in [0, 0.05) is 32.2 Å². The first kappa shape index (κ1) is 22.4. The van der Waals surface area contributed by atoms with Crippen LogP contribution < -0.4 is 10.6 Å². The van der Waals surface area contributed by atoms with Gasteiger partial charge >= 0.3 is 0 Å². The van der Waals surface area contributed by atoms with Gasteiger partial charge in [0.1, 0.15) is 5.60 Å². The van der Waals surface area contributed by atoms with Crippen LogP contribution in [0.1, 0.15) is 45.1 Å². The number of nitrogens with one attached hydrogen (secondary N) is 2. The molecule has 152 valence electrons. The molecular formula is C21H35IN4O. The summed E-state index contributed by atoms with van der Waals surface area (Å²) in [4.78, 5) is 7.27. The number of hydrogen-bond donors (Lipinski definition) is 3. The summed E-state index contributed by atoms with van der Waals surface area (Å²) < 4.78 is 0. The maximum atomic E-state index is 10.7. The Morgan fingerprint density at radius 3 is 2.48 bits per heavy atom. The Hall–Kier alpha value is -0.860. The summed E-state index contributed by atoms with van der Waals surface area (Å²) in [6.07, 6.45) is 5.55. The molecule has 1 aromatic rings. The predicted molar refractivity (Wildman–Crippen MR) is 123 cm³/mol. The fourth-order valence-electron chi connectivity index (χ4n) is 3.28. The molecule has 27 heavy (non-hydrogen) atoms. The van der Waals surface area contributed by atoms with E-state index in [4.69, 9.17) is 0 Å². The molecule has 0 radical (unpaired) electrons. The third-order valence-electron chi connectivity index (χ3n) is 5.23. The summed E-state index contributed by atoms with van der Waals surface area (Å²) in [5.41, 5.74) is -0.0701. The van der Waals surface area contributed by atoms with Gasteiger partial charge in [-0.2, -0.15) is 0 Å². The number of benzene rings is 1. The van der Waals surface area contributed by atoms with Crippen LogP contribution in [-0.2, 0) is 5.60 Å². The van der Waals surface area contributed by atoms with Gasteiger partial charge in [-0.1, -0.05) is 30.3 Å². The molecule has 0 saturated heterocycles. The SMILES string of the molecule is CCNC(=NCC(C)(O)c1ccccc1)NCCN(CC1CC1)C1CC1.I. The number of halogens is 1. The smallest absolute Gasteiger partial charge is 0.191 e. The van der Waals surface area contributed by atoms with Crippen LogP contribution in [0.5, 0.6) is 0 Å². The van der Waals surface area contributed by atoms with E-state index < -0.39 is 5.60 Å². The highest BCUT2D eigenvalue weighted by Gasteiger charge is 2.33. The summed E-state index contributed by atoms with van der Waals surface area (Å²) in [5.74, 6) is 1.73. The Balaban J connectivity index is 0.00000261. The molecule has 2 saturated carbocycles. The van der Waals surface area contributed by atoms with E-state index in [1.165, 1.54) is 32.2 Å². The lowest BCUT2D eigenvalue weighted by Gasteiger charge is -2.24. The van der Waals surface area contributed by atoms with E-state index in [0.717, 1.165) is 43.1 Å². The maximum Gasteiger partial charge on any atom is 0.191 e. The highest BCUT2D eigenvalue weighted by atomic mass is 127. The van der Waals surface area contributed by atoms with Crippen LogP contribution in [0.3, 0.4) is 0 Å². The standard InChI is InChI=1S/C21H34N4O.HI/c1-3-22-20(24-16-21(2,26)18-7-5-4-6-8-18)23-13-14-25(19-11-12-19)15-17-9-10-17;/h4-8,17,19,26H,3,9-16H2,1-2H3,(H2,22,23,24);1H. The first-order valence-corrected chi connectivity index (χ1v) is 10.1. The molecule has 0 bridgehead atoms. The molecule has 5 nitrogen and oxygen atoms in total. The van der Waals surface area contributed by atoms with Gasteiger partial charge in [0.15, 0.2) is 5.96 Å². The van der Waals surface area contributed by atoms with Gasteiger partial charge in [-0.15, -0.1) is 24.0 Å². The first-order chi connectivity index (χ1) is 12.6. The second kappa shape index (κ2) is 10.6. The lowest BCUT2D eigenvalue weighted by Crippen LogP contribution is -2.43. The molecule has 2 aliphatic rings. The van der Waals surface area contributed by atoms with Crippen molar-refractivity contribution in [2.45, 2.75) is 51.2 Å². The van der Waals surface area contributed by atoms with E-state index in [0.29, 0.717) is 6.54 Å². The Kier molecular flexibility index (Phi) is 8.82. The van der Waals surface area contributed by atoms with Gasteiger partial charge in [-0.05, 0) is 51.0 Å². The lowest BCUT2D eigenvalue weighted by atomic mass is 9.96. The van der Waals surface area contributed by atoms with Crippen molar-refractivity contribution >= 4 is 29.9 Å². The Labute approximate surface area is 181 Å².